The van der Waals surface area contributed by atoms with Crippen molar-refractivity contribution >= 4 is 6.03 Å². The minimum absolute atomic E-state index is 0.0135. The monoisotopic (exact) mass is 210 g/mol. The number of nitrogens with one attached hydrogen (secondary N) is 2. The van der Waals surface area contributed by atoms with Gasteiger partial charge < -0.3 is 10.6 Å². The summed E-state index contributed by atoms with van der Waals surface area (Å²) < 4.78 is 0. The van der Waals surface area contributed by atoms with Crippen LogP contribution in [0.15, 0.2) is 0 Å². The van der Waals surface area contributed by atoms with Gasteiger partial charge in [-0.15, -0.1) is 0 Å². The van der Waals surface area contributed by atoms with E-state index in [2.05, 4.69) is 17.6 Å². The van der Waals surface area contributed by atoms with Gasteiger partial charge in [-0.25, -0.2) is 4.79 Å². The highest BCUT2D eigenvalue weighted by atomic mass is 16.2. The molecule has 0 saturated heterocycles. The van der Waals surface area contributed by atoms with Gasteiger partial charge in [0.1, 0.15) is 0 Å². The summed E-state index contributed by atoms with van der Waals surface area (Å²) in [5.41, 5.74) is 0. The number of hydrogen-bond donors (Lipinski definition) is 2. The fourth-order valence-electron chi connectivity index (χ4n) is 3.15. The summed E-state index contributed by atoms with van der Waals surface area (Å²) in [6.07, 6.45) is 6.60. The minimum atomic E-state index is 0.0135. The predicted octanol–water partition coefficient (Wildman–Crippen LogP) is 2.13. The van der Waals surface area contributed by atoms with Crippen LogP contribution in [-0.4, -0.2) is 19.1 Å². The minimum Gasteiger partial charge on any atom is -0.338 e. The van der Waals surface area contributed by atoms with Crippen LogP contribution in [0.2, 0.25) is 0 Å². The molecule has 0 heterocycles. The average Bonchev–Trinajstić information content (AvgIpc) is 2.84. The lowest BCUT2D eigenvalue weighted by molar-refractivity contribution is 0.234. The highest BCUT2D eigenvalue weighted by molar-refractivity contribution is 5.73. The number of carbonyl (C=O) groups is 1. The van der Waals surface area contributed by atoms with E-state index in [4.69, 9.17) is 0 Å². The zero-order valence-corrected chi connectivity index (χ0v) is 9.59. The Labute approximate surface area is 92.0 Å². The van der Waals surface area contributed by atoms with E-state index in [1.807, 2.05) is 0 Å². The molecule has 3 heteroatoms. The lowest BCUT2D eigenvalue weighted by Crippen LogP contribution is -2.39. The molecule has 3 nitrogen and oxygen atoms in total. The maximum Gasteiger partial charge on any atom is 0.314 e. The Hall–Kier alpha value is -0.730. The number of urea groups is 1. The number of rotatable bonds is 4. The fourth-order valence-corrected chi connectivity index (χ4v) is 3.15. The second-order valence-corrected chi connectivity index (χ2v) is 5.07. The van der Waals surface area contributed by atoms with Crippen LogP contribution in [0.5, 0.6) is 0 Å². The molecule has 0 aliphatic heterocycles. The van der Waals surface area contributed by atoms with Gasteiger partial charge in [-0.05, 0) is 43.4 Å². The first kappa shape index (κ1) is 10.8. The summed E-state index contributed by atoms with van der Waals surface area (Å²) in [6, 6.07) is 0.0135. The van der Waals surface area contributed by atoms with Gasteiger partial charge in [0.15, 0.2) is 0 Å². The molecule has 2 aliphatic rings. The summed E-state index contributed by atoms with van der Waals surface area (Å²) in [6.45, 7) is 3.73. The van der Waals surface area contributed by atoms with Crippen molar-refractivity contribution in [2.24, 2.45) is 17.8 Å². The van der Waals surface area contributed by atoms with Crippen LogP contribution in [0.3, 0.4) is 0 Å². The Morgan fingerprint density at radius 2 is 2.13 bits per heavy atom. The maximum atomic E-state index is 11.3. The summed E-state index contributed by atoms with van der Waals surface area (Å²) in [7, 11) is 0. The molecule has 15 heavy (non-hydrogen) atoms. The van der Waals surface area contributed by atoms with Crippen molar-refractivity contribution in [2.75, 3.05) is 13.1 Å². The van der Waals surface area contributed by atoms with Crippen molar-refractivity contribution in [1.29, 1.82) is 0 Å². The van der Waals surface area contributed by atoms with E-state index >= 15 is 0 Å². The first-order valence-corrected chi connectivity index (χ1v) is 6.31. The Balaban J connectivity index is 1.64. The van der Waals surface area contributed by atoms with E-state index in [0.717, 1.165) is 37.3 Å². The molecule has 0 aromatic rings. The number of fused-ring (bicyclic) bond motifs is 2. The molecule has 0 aromatic carbocycles. The lowest BCUT2D eigenvalue weighted by Gasteiger charge is -2.21. The Morgan fingerprint density at radius 1 is 1.27 bits per heavy atom. The van der Waals surface area contributed by atoms with Crippen LogP contribution in [0.1, 0.15) is 39.0 Å². The molecule has 2 fully saturated rings. The highest BCUT2D eigenvalue weighted by Gasteiger charge is 2.39. The van der Waals surface area contributed by atoms with E-state index in [-0.39, 0.29) is 6.03 Å². The van der Waals surface area contributed by atoms with Crippen molar-refractivity contribution in [1.82, 2.24) is 10.6 Å². The van der Waals surface area contributed by atoms with Crippen molar-refractivity contribution in [3.63, 3.8) is 0 Å². The number of amides is 2. The molecule has 2 amide bonds. The van der Waals surface area contributed by atoms with Crippen LogP contribution >= 0.6 is 0 Å². The number of carbonyl (C=O) groups excluding carboxylic acids is 1. The quantitative estimate of drug-likeness (QED) is 0.733. The zero-order valence-electron chi connectivity index (χ0n) is 9.59. The number of hydrogen-bond acceptors (Lipinski definition) is 1. The topological polar surface area (TPSA) is 41.1 Å². The van der Waals surface area contributed by atoms with E-state index in [9.17, 15) is 4.79 Å². The van der Waals surface area contributed by atoms with Crippen LogP contribution in [0.4, 0.5) is 4.79 Å². The standard InChI is InChI=1S/C12H22N2O/c1-2-5-13-12(15)14-8-11-7-9-3-4-10(11)6-9/h9-11H,2-8H2,1H3,(H2,13,14,15). The van der Waals surface area contributed by atoms with Crippen molar-refractivity contribution in [3.05, 3.63) is 0 Å². The van der Waals surface area contributed by atoms with E-state index < -0.39 is 0 Å². The maximum absolute atomic E-state index is 11.3. The van der Waals surface area contributed by atoms with Gasteiger partial charge in [-0.2, -0.15) is 0 Å². The largest absolute Gasteiger partial charge is 0.338 e. The second-order valence-electron chi connectivity index (χ2n) is 5.07. The molecule has 2 bridgehead atoms. The van der Waals surface area contributed by atoms with E-state index in [1.165, 1.54) is 25.7 Å². The third-order valence-corrected chi connectivity index (χ3v) is 3.94. The SMILES string of the molecule is CCCNC(=O)NCC1CC2CCC1C2. The first-order valence-electron chi connectivity index (χ1n) is 6.31. The molecule has 3 unspecified atom stereocenters. The molecular weight excluding hydrogens is 188 g/mol. The van der Waals surface area contributed by atoms with Crippen molar-refractivity contribution in [2.45, 2.75) is 39.0 Å². The normalized spacial score (nSPS) is 33.0. The predicted molar refractivity (Wildman–Crippen MR) is 60.6 cm³/mol. The molecule has 2 rings (SSSR count). The second kappa shape index (κ2) is 4.86. The van der Waals surface area contributed by atoms with Crippen LogP contribution < -0.4 is 10.6 Å². The van der Waals surface area contributed by atoms with Gasteiger partial charge in [0.05, 0.1) is 0 Å². The zero-order chi connectivity index (χ0) is 10.7. The Kier molecular flexibility index (Phi) is 3.49. The summed E-state index contributed by atoms with van der Waals surface area (Å²) in [5, 5.41) is 5.84. The molecule has 2 saturated carbocycles. The van der Waals surface area contributed by atoms with E-state index in [0.29, 0.717) is 0 Å². The molecule has 86 valence electrons. The van der Waals surface area contributed by atoms with Crippen molar-refractivity contribution in [3.8, 4) is 0 Å². The Bertz CT molecular complexity index is 230. The van der Waals surface area contributed by atoms with Crippen LogP contribution in [-0.2, 0) is 0 Å². The molecule has 3 atom stereocenters. The van der Waals surface area contributed by atoms with Crippen LogP contribution in [0, 0.1) is 17.8 Å². The lowest BCUT2D eigenvalue weighted by atomic mass is 9.89. The fraction of sp³-hybridized carbons (Fsp3) is 0.917. The molecule has 0 radical (unpaired) electrons. The molecular formula is C12H22N2O. The Morgan fingerprint density at radius 3 is 2.73 bits per heavy atom. The smallest absolute Gasteiger partial charge is 0.314 e. The van der Waals surface area contributed by atoms with Gasteiger partial charge in [0, 0.05) is 13.1 Å². The molecule has 2 N–H and O–H groups in total. The van der Waals surface area contributed by atoms with Crippen LogP contribution in [0.25, 0.3) is 0 Å². The van der Waals surface area contributed by atoms with Crippen molar-refractivity contribution < 1.29 is 4.79 Å². The van der Waals surface area contributed by atoms with E-state index in [1.54, 1.807) is 0 Å². The summed E-state index contributed by atoms with van der Waals surface area (Å²) in [4.78, 5) is 11.3. The molecule has 2 aliphatic carbocycles. The van der Waals surface area contributed by atoms with Gasteiger partial charge in [-0.1, -0.05) is 13.3 Å². The van der Waals surface area contributed by atoms with Gasteiger partial charge in [0.25, 0.3) is 0 Å². The van der Waals surface area contributed by atoms with Gasteiger partial charge in [0.2, 0.25) is 0 Å². The molecule has 0 aromatic heterocycles. The van der Waals surface area contributed by atoms with Gasteiger partial charge in [-0.3, -0.25) is 0 Å². The third-order valence-electron chi connectivity index (χ3n) is 3.94. The summed E-state index contributed by atoms with van der Waals surface area (Å²) >= 11 is 0. The third kappa shape index (κ3) is 2.64. The first-order chi connectivity index (χ1) is 7.29. The average molecular weight is 210 g/mol. The summed E-state index contributed by atoms with van der Waals surface area (Å²) in [5.74, 6) is 2.64. The molecule has 0 spiro atoms. The highest BCUT2D eigenvalue weighted by Crippen LogP contribution is 2.47. The van der Waals surface area contributed by atoms with Gasteiger partial charge >= 0.3 is 6.03 Å².